The van der Waals surface area contributed by atoms with Gasteiger partial charge in [-0.2, -0.15) is 0 Å². The normalized spacial score (nSPS) is 15.4. The van der Waals surface area contributed by atoms with Crippen LogP contribution in [0.2, 0.25) is 0 Å². The van der Waals surface area contributed by atoms with Crippen LogP contribution in [-0.4, -0.2) is 54.8 Å². The first-order valence-corrected chi connectivity index (χ1v) is 11.1. The lowest BCUT2D eigenvalue weighted by atomic mass is 10.1. The molecule has 2 heterocycles. The summed E-state index contributed by atoms with van der Waals surface area (Å²) in [5, 5.41) is 9.44. The third-order valence-corrected chi connectivity index (χ3v) is 5.37. The number of aromatic nitrogens is 2. The van der Waals surface area contributed by atoms with Crippen LogP contribution in [0.4, 0.5) is 23.4 Å². The van der Waals surface area contributed by atoms with E-state index in [4.69, 9.17) is 9.47 Å². The number of alkyl halides is 3. The average molecular weight is 522 g/mol. The van der Waals surface area contributed by atoms with Crippen molar-refractivity contribution in [2.75, 3.05) is 32.2 Å². The fraction of sp³-hybridized carbons (Fsp3) is 0.292. The van der Waals surface area contributed by atoms with Gasteiger partial charge in [-0.05, 0) is 24.3 Å². The Morgan fingerprint density at radius 2 is 1.97 bits per heavy atom. The highest BCUT2D eigenvalue weighted by atomic mass is 19.4. The van der Waals surface area contributed by atoms with Crippen LogP contribution in [0.25, 0.3) is 16.9 Å². The Kier molecular flexibility index (Phi) is 7.62. The molecule has 4 rings (SSSR count). The number of benzene rings is 2. The van der Waals surface area contributed by atoms with Crippen molar-refractivity contribution in [2.24, 2.45) is 5.92 Å². The van der Waals surface area contributed by atoms with E-state index in [1.165, 1.54) is 37.4 Å². The molecular weight excluding hydrogens is 500 g/mol. The van der Waals surface area contributed by atoms with E-state index in [2.05, 4.69) is 20.5 Å². The molecule has 0 saturated carbocycles. The van der Waals surface area contributed by atoms with E-state index in [0.717, 1.165) is 22.9 Å². The molecule has 0 radical (unpaired) electrons. The van der Waals surface area contributed by atoms with Crippen LogP contribution in [0.5, 0.6) is 11.5 Å². The number of amides is 2. The first-order chi connectivity index (χ1) is 17.6. The summed E-state index contributed by atoms with van der Waals surface area (Å²) in [7, 11) is 1.50. The summed E-state index contributed by atoms with van der Waals surface area (Å²) >= 11 is 0. The van der Waals surface area contributed by atoms with Gasteiger partial charge in [0.2, 0.25) is 11.8 Å². The average Bonchev–Trinajstić information content (AvgIpc) is 3.46. The molecule has 0 aliphatic carbocycles. The highest BCUT2D eigenvalue weighted by molar-refractivity contribution is 5.97. The van der Waals surface area contributed by atoms with Crippen molar-refractivity contribution in [1.82, 2.24) is 15.1 Å². The topological polar surface area (TPSA) is 104 Å². The Balaban J connectivity index is 1.73. The number of rotatable bonds is 9. The second-order valence-corrected chi connectivity index (χ2v) is 8.05. The van der Waals surface area contributed by atoms with Crippen molar-refractivity contribution in [2.45, 2.75) is 12.8 Å². The van der Waals surface area contributed by atoms with Crippen LogP contribution >= 0.6 is 0 Å². The molecule has 1 aliphatic heterocycles. The minimum absolute atomic E-state index is 0.00567. The van der Waals surface area contributed by atoms with Gasteiger partial charge in [-0.1, -0.05) is 12.1 Å². The minimum Gasteiger partial charge on any atom is -0.491 e. The quantitative estimate of drug-likeness (QED) is 0.328. The molecule has 1 atom stereocenters. The van der Waals surface area contributed by atoms with Gasteiger partial charge in [-0.25, -0.2) is 9.07 Å². The maximum Gasteiger partial charge on any atom is 0.573 e. The summed E-state index contributed by atoms with van der Waals surface area (Å²) < 4.78 is 68.9. The number of ether oxygens (including phenoxy) is 3. The molecule has 9 nitrogen and oxygen atoms in total. The molecule has 1 aromatic heterocycles. The number of methoxy groups -OCH3 is 1. The van der Waals surface area contributed by atoms with Crippen molar-refractivity contribution in [1.29, 1.82) is 0 Å². The number of halogens is 4. The van der Waals surface area contributed by atoms with Gasteiger partial charge in [0.25, 0.3) is 0 Å². The smallest absolute Gasteiger partial charge is 0.491 e. The molecule has 37 heavy (non-hydrogen) atoms. The Morgan fingerprint density at radius 1 is 1.16 bits per heavy atom. The molecule has 0 spiro atoms. The lowest BCUT2D eigenvalue weighted by Crippen LogP contribution is -2.24. The first-order valence-electron chi connectivity index (χ1n) is 11.1. The van der Waals surface area contributed by atoms with E-state index in [0.29, 0.717) is 12.4 Å². The lowest BCUT2D eigenvalue weighted by Gasteiger charge is -2.13. The second-order valence-electron chi connectivity index (χ2n) is 8.05. The third-order valence-electron chi connectivity index (χ3n) is 5.37. The van der Waals surface area contributed by atoms with Crippen LogP contribution in [0.3, 0.4) is 0 Å². The molecule has 2 N–H and O–H groups in total. The van der Waals surface area contributed by atoms with Crippen molar-refractivity contribution in [3.05, 3.63) is 54.3 Å². The van der Waals surface area contributed by atoms with Gasteiger partial charge < -0.3 is 24.8 Å². The maximum atomic E-state index is 15.0. The summed E-state index contributed by atoms with van der Waals surface area (Å²) in [6.45, 7) is 0.644. The van der Waals surface area contributed by atoms with E-state index in [1.54, 1.807) is 0 Å². The third kappa shape index (κ3) is 6.55. The van der Waals surface area contributed by atoms with E-state index < -0.39 is 29.8 Å². The fourth-order valence-corrected chi connectivity index (χ4v) is 3.69. The molecule has 2 aromatic carbocycles. The molecule has 1 fully saturated rings. The van der Waals surface area contributed by atoms with E-state index in [-0.39, 0.29) is 48.2 Å². The van der Waals surface area contributed by atoms with Crippen molar-refractivity contribution in [3.8, 4) is 28.4 Å². The van der Waals surface area contributed by atoms with Crippen molar-refractivity contribution in [3.63, 3.8) is 0 Å². The molecule has 2 amide bonds. The summed E-state index contributed by atoms with van der Waals surface area (Å²) in [6, 6.07) is 10.4. The van der Waals surface area contributed by atoms with E-state index >= 15 is 0 Å². The monoisotopic (exact) mass is 522 g/mol. The predicted molar refractivity (Wildman–Crippen MR) is 123 cm³/mol. The Labute approximate surface area is 208 Å². The van der Waals surface area contributed by atoms with Gasteiger partial charge in [-0.3, -0.25) is 9.59 Å². The molecule has 196 valence electrons. The fourth-order valence-electron chi connectivity index (χ4n) is 3.69. The Bertz CT molecular complexity index is 1290. The van der Waals surface area contributed by atoms with Gasteiger partial charge in [0.1, 0.15) is 29.6 Å². The van der Waals surface area contributed by atoms with E-state index in [9.17, 15) is 27.2 Å². The van der Waals surface area contributed by atoms with E-state index in [1.807, 2.05) is 0 Å². The first kappa shape index (κ1) is 25.9. The number of nitrogens with one attached hydrogen (secondary N) is 2. The molecule has 1 aliphatic rings. The van der Waals surface area contributed by atoms with Crippen LogP contribution < -0.4 is 20.1 Å². The molecule has 0 unspecified atom stereocenters. The minimum atomic E-state index is -4.91. The predicted octanol–water partition coefficient (Wildman–Crippen LogP) is 3.68. The van der Waals surface area contributed by atoms with Gasteiger partial charge in [0.15, 0.2) is 5.82 Å². The van der Waals surface area contributed by atoms with Gasteiger partial charge in [0.05, 0.1) is 18.2 Å². The number of hydrogen-bond donors (Lipinski definition) is 2. The van der Waals surface area contributed by atoms with Gasteiger partial charge in [-0.15, -0.1) is 18.3 Å². The summed E-state index contributed by atoms with van der Waals surface area (Å²) in [5.74, 6) is -2.26. The highest BCUT2D eigenvalue weighted by Gasteiger charge is 2.31. The SMILES string of the molecule is COCCOc1ccc(F)c(-n2nc(NC(=O)[C@@H]3CNC(=O)C3)cc2-c2cccc(OC(F)(F)F)c2)c1. The number of nitrogens with zero attached hydrogens (tertiary/aromatic N) is 2. The van der Waals surface area contributed by atoms with Gasteiger partial charge in [0, 0.05) is 37.8 Å². The lowest BCUT2D eigenvalue weighted by molar-refractivity contribution is -0.274. The molecule has 13 heteroatoms. The molecule has 0 bridgehead atoms. The zero-order valence-corrected chi connectivity index (χ0v) is 19.5. The number of anilines is 1. The number of hydrogen-bond acceptors (Lipinski definition) is 6. The van der Waals surface area contributed by atoms with Crippen molar-refractivity contribution >= 4 is 17.6 Å². The van der Waals surface area contributed by atoms with Crippen LogP contribution in [0, 0.1) is 11.7 Å². The Morgan fingerprint density at radius 3 is 2.68 bits per heavy atom. The number of carbonyl (C=O) groups excluding carboxylic acids is 2. The van der Waals surface area contributed by atoms with Crippen LogP contribution in [-0.2, 0) is 14.3 Å². The number of carbonyl (C=O) groups is 2. The second kappa shape index (κ2) is 10.9. The Hall–Kier alpha value is -4.13. The van der Waals surface area contributed by atoms with Gasteiger partial charge >= 0.3 is 6.36 Å². The highest BCUT2D eigenvalue weighted by Crippen LogP contribution is 2.32. The molecule has 3 aromatic rings. The summed E-state index contributed by atoms with van der Waals surface area (Å²) in [6.07, 6.45) is -4.91. The van der Waals surface area contributed by atoms with Crippen LogP contribution in [0.1, 0.15) is 6.42 Å². The zero-order chi connectivity index (χ0) is 26.6. The summed E-state index contributed by atoms with van der Waals surface area (Å²) in [4.78, 5) is 24.1. The van der Waals surface area contributed by atoms with Crippen LogP contribution in [0.15, 0.2) is 48.5 Å². The standard InChI is InChI=1S/C24H22F4N4O5/c1-35-7-8-36-16-5-6-18(25)20(11-16)32-19(14-3-2-4-17(9-14)37-24(26,27)28)12-21(31-32)30-23(34)15-10-22(33)29-13-15/h2-6,9,11-12,15H,7-8,10,13H2,1H3,(H,29,33)(H,30,31,34)/t15-/m0/s1. The molecule has 1 saturated heterocycles. The summed E-state index contributed by atoms with van der Waals surface area (Å²) in [5.41, 5.74) is 0.291. The largest absolute Gasteiger partial charge is 0.573 e. The van der Waals surface area contributed by atoms with Crippen molar-refractivity contribution < 1.29 is 41.4 Å². The zero-order valence-electron chi connectivity index (χ0n) is 19.5. The molecular formula is C24H22F4N4O5. The maximum absolute atomic E-state index is 15.0.